The Bertz CT molecular complexity index is 587. The van der Waals surface area contributed by atoms with Crippen molar-refractivity contribution >= 4 is 5.69 Å². The van der Waals surface area contributed by atoms with Crippen LogP contribution in [0.1, 0.15) is 11.1 Å². The fourth-order valence-electron chi connectivity index (χ4n) is 1.80. The lowest BCUT2D eigenvalue weighted by Gasteiger charge is -2.10. The Kier molecular flexibility index (Phi) is 4.50. The smallest absolute Gasteiger partial charge is 0.387 e. The highest BCUT2D eigenvalue weighted by Gasteiger charge is 2.05. The second-order valence-corrected chi connectivity index (χ2v) is 4.34. The standard InChI is InChI=1S/C15H14F3NO/c1-10-7-11(5-6-14(10)16)9-19-12-3-2-4-13(8-12)20-15(17)18/h2-8,15,19H,9H2,1H3. The van der Waals surface area contributed by atoms with Gasteiger partial charge < -0.3 is 10.1 Å². The average molecular weight is 281 g/mol. The van der Waals surface area contributed by atoms with Gasteiger partial charge in [0.2, 0.25) is 0 Å². The predicted molar refractivity (Wildman–Crippen MR) is 71.5 cm³/mol. The molecule has 0 saturated carbocycles. The molecule has 20 heavy (non-hydrogen) atoms. The van der Waals surface area contributed by atoms with Gasteiger partial charge in [0.15, 0.2) is 0 Å². The van der Waals surface area contributed by atoms with Crippen molar-refractivity contribution in [3.8, 4) is 5.75 Å². The third-order valence-electron chi connectivity index (χ3n) is 2.78. The van der Waals surface area contributed by atoms with E-state index in [9.17, 15) is 13.2 Å². The fourth-order valence-corrected chi connectivity index (χ4v) is 1.80. The lowest BCUT2D eigenvalue weighted by Crippen LogP contribution is -2.03. The predicted octanol–water partition coefficient (Wildman–Crippen LogP) is 4.35. The first-order valence-electron chi connectivity index (χ1n) is 6.08. The monoisotopic (exact) mass is 281 g/mol. The van der Waals surface area contributed by atoms with E-state index >= 15 is 0 Å². The van der Waals surface area contributed by atoms with E-state index in [1.165, 1.54) is 18.2 Å². The molecule has 5 heteroatoms. The Balaban J connectivity index is 2.01. The van der Waals surface area contributed by atoms with Crippen molar-refractivity contribution < 1.29 is 17.9 Å². The molecule has 0 spiro atoms. The van der Waals surface area contributed by atoms with Crippen LogP contribution in [0.4, 0.5) is 18.9 Å². The molecule has 2 nitrogen and oxygen atoms in total. The minimum atomic E-state index is -2.84. The van der Waals surface area contributed by atoms with Crippen molar-refractivity contribution in [3.63, 3.8) is 0 Å². The van der Waals surface area contributed by atoms with Crippen molar-refractivity contribution in [1.29, 1.82) is 0 Å². The molecule has 0 amide bonds. The Morgan fingerprint density at radius 2 is 1.95 bits per heavy atom. The van der Waals surface area contributed by atoms with Crippen LogP contribution in [0.3, 0.4) is 0 Å². The zero-order valence-corrected chi connectivity index (χ0v) is 10.9. The van der Waals surface area contributed by atoms with Crippen molar-refractivity contribution in [1.82, 2.24) is 0 Å². The van der Waals surface area contributed by atoms with Gasteiger partial charge in [-0.05, 0) is 36.2 Å². The van der Waals surface area contributed by atoms with Crippen LogP contribution in [0, 0.1) is 12.7 Å². The second-order valence-electron chi connectivity index (χ2n) is 4.34. The molecule has 0 atom stereocenters. The van der Waals surface area contributed by atoms with E-state index in [0.717, 1.165) is 5.56 Å². The first-order chi connectivity index (χ1) is 9.54. The average Bonchev–Trinajstić information content (AvgIpc) is 2.40. The molecular formula is C15H14F3NO. The summed E-state index contributed by atoms with van der Waals surface area (Å²) in [6.45, 7) is -0.681. The van der Waals surface area contributed by atoms with Crippen molar-refractivity contribution in [3.05, 3.63) is 59.4 Å². The SMILES string of the molecule is Cc1cc(CNc2cccc(OC(F)F)c2)ccc1F. The molecule has 1 N–H and O–H groups in total. The number of ether oxygens (including phenoxy) is 1. The summed E-state index contributed by atoms with van der Waals surface area (Å²) in [5, 5.41) is 3.07. The van der Waals surface area contributed by atoms with Crippen LogP contribution in [0.25, 0.3) is 0 Å². The van der Waals surface area contributed by atoms with Gasteiger partial charge in [-0.2, -0.15) is 8.78 Å². The largest absolute Gasteiger partial charge is 0.435 e. The van der Waals surface area contributed by atoms with Crippen LogP contribution in [-0.2, 0) is 6.54 Å². The van der Waals surface area contributed by atoms with Gasteiger partial charge in [0.05, 0.1) is 0 Å². The van der Waals surface area contributed by atoms with E-state index in [2.05, 4.69) is 10.1 Å². The summed E-state index contributed by atoms with van der Waals surface area (Å²) >= 11 is 0. The number of aryl methyl sites for hydroxylation is 1. The topological polar surface area (TPSA) is 21.3 Å². The van der Waals surface area contributed by atoms with Crippen LogP contribution >= 0.6 is 0 Å². The van der Waals surface area contributed by atoms with Crippen molar-refractivity contribution in [2.75, 3.05) is 5.32 Å². The fraction of sp³-hybridized carbons (Fsp3) is 0.200. The number of halogens is 3. The van der Waals surface area contributed by atoms with E-state index in [-0.39, 0.29) is 11.6 Å². The maximum Gasteiger partial charge on any atom is 0.387 e. The van der Waals surface area contributed by atoms with Gasteiger partial charge in [0.1, 0.15) is 11.6 Å². The molecule has 2 aromatic carbocycles. The van der Waals surface area contributed by atoms with E-state index in [1.807, 2.05) is 0 Å². The number of anilines is 1. The Morgan fingerprint density at radius 3 is 2.65 bits per heavy atom. The maximum absolute atomic E-state index is 13.1. The molecule has 2 aromatic rings. The van der Waals surface area contributed by atoms with Gasteiger partial charge in [0, 0.05) is 18.3 Å². The first kappa shape index (κ1) is 14.2. The zero-order valence-electron chi connectivity index (χ0n) is 10.9. The van der Waals surface area contributed by atoms with Crippen molar-refractivity contribution in [2.45, 2.75) is 20.1 Å². The molecule has 0 aliphatic carbocycles. The summed E-state index contributed by atoms with van der Waals surface area (Å²) in [4.78, 5) is 0. The van der Waals surface area contributed by atoms with Gasteiger partial charge in [-0.3, -0.25) is 0 Å². The molecule has 0 radical (unpaired) electrons. The van der Waals surface area contributed by atoms with Crippen LogP contribution in [-0.4, -0.2) is 6.61 Å². The molecule has 106 valence electrons. The molecule has 0 bridgehead atoms. The van der Waals surface area contributed by atoms with Crippen LogP contribution in [0.2, 0.25) is 0 Å². The summed E-state index contributed by atoms with van der Waals surface area (Å²) < 4.78 is 41.7. The molecule has 2 rings (SSSR count). The first-order valence-corrected chi connectivity index (χ1v) is 6.08. The van der Waals surface area contributed by atoms with Crippen LogP contribution in [0.15, 0.2) is 42.5 Å². The Hall–Kier alpha value is -2.17. The molecule has 0 aromatic heterocycles. The van der Waals surface area contributed by atoms with E-state index in [4.69, 9.17) is 0 Å². The molecule has 0 fully saturated rings. The van der Waals surface area contributed by atoms with Gasteiger partial charge >= 0.3 is 6.61 Å². The number of rotatable bonds is 5. The maximum atomic E-state index is 13.1. The highest BCUT2D eigenvalue weighted by Crippen LogP contribution is 2.20. The summed E-state index contributed by atoms with van der Waals surface area (Å²) in [5.41, 5.74) is 2.13. The van der Waals surface area contributed by atoms with Gasteiger partial charge in [0.25, 0.3) is 0 Å². The van der Waals surface area contributed by atoms with Crippen LogP contribution in [0.5, 0.6) is 5.75 Å². The molecule has 0 heterocycles. The highest BCUT2D eigenvalue weighted by atomic mass is 19.3. The normalized spacial score (nSPS) is 10.7. The number of hydrogen-bond donors (Lipinski definition) is 1. The quantitative estimate of drug-likeness (QED) is 0.879. The lowest BCUT2D eigenvalue weighted by molar-refractivity contribution is -0.0498. The molecular weight excluding hydrogens is 267 g/mol. The molecule has 0 unspecified atom stereocenters. The zero-order chi connectivity index (χ0) is 14.5. The van der Waals surface area contributed by atoms with Gasteiger partial charge in [-0.25, -0.2) is 4.39 Å². The van der Waals surface area contributed by atoms with Gasteiger partial charge in [-0.15, -0.1) is 0 Å². The molecule has 0 aliphatic rings. The summed E-state index contributed by atoms with van der Waals surface area (Å²) in [5.74, 6) is -0.152. The van der Waals surface area contributed by atoms with Crippen LogP contribution < -0.4 is 10.1 Å². The highest BCUT2D eigenvalue weighted by molar-refractivity contribution is 5.48. The number of benzene rings is 2. The minimum absolute atomic E-state index is 0.0975. The molecule has 0 aliphatic heterocycles. The summed E-state index contributed by atoms with van der Waals surface area (Å²) in [6.07, 6.45) is 0. The lowest BCUT2D eigenvalue weighted by atomic mass is 10.1. The third kappa shape index (κ3) is 3.91. The number of nitrogens with one attached hydrogen (secondary N) is 1. The number of hydrogen-bond acceptors (Lipinski definition) is 2. The number of alkyl halides is 2. The minimum Gasteiger partial charge on any atom is -0.435 e. The van der Waals surface area contributed by atoms with Gasteiger partial charge in [-0.1, -0.05) is 18.2 Å². The van der Waals surface area contributed by atoms with Crippen molar-refractivity contribution in [2.24, 2.45) is 0 Å². The molecule has 0 saturated heterocycles. The van der Waals surface area contributed by atoms with E-state index < -0.39 is 6.61 Å². The van der Waals surface area contributed by atoms with E-state index in [1.54, 1.807) is 31.2 Å². The summed E-state index contributed by atoms with van der Waals surface area (Å²) in [6, 6.07) is 11.1. The van der Waals surface area contributed by atoms with E-state index in [0.29, 0.717) is 17.8 Å². The Morgan fingerprint density at radius 1 is 1.15 bits per heavy atom. The summed E-state index contributed by atoms with van der Waals surface area (Å²) in [7, 11) is 0. The Labute approximate surface area is 115 Å². The second kappa shape index (κ2) is 6.32. The third-order valence-corrected chi connectivity index (χ3v) is 2.78.